The quantitative estimate of drug-likeness (QED) is 0.857. The Hall–Kier alpha value is -1.06. The molecule has 0 aliphatic heterocycles. The highest BCUT2D eigenvalue weighted by atomic mass is 16.5. The second-order valence-corrected chi connectivity index (χ2v) is 5.33. The molecule has 1 rings (SSSR count). The van der Waals surface area contributed by atoms with Crippen molar-refractivity contribution < 1.29 is 9.84 Å². The number of methoxy groups -OCH3 is 1. The molecule has 0 saturated heterocycles. The van der Waals surface area contributed by atoms with Gasteiger partial charge in [-0.25, -0.2) is 0 Å². The van der Waals surface area contributed by atoms with Crippen LogP contribution in [0.25, 0.3) is 0 Å². The van der Waals surface area contributed by atoms with Crippen molar-refractivity contribution in [1.29, 1.82) is 0 Å². The van der Waals surface area contributed by atoms with Gasteiger partial charge in [-0.2, -0.15) is 0 Å². The first-order valence-electron chi connectivity index (χ1n) is 6.93. The van der Waals surface area contributed by atoms with Gasteiger partial charge in [0.25, 0.3) is 0 Å². The first kappa shape index (κ1) is 16.0. The number of likely N-dealkylation sites (N-methyl/N-ethyl adjacent to an activating group) is 1. The summed E-state index contributed by atoms with van der Waals surface area (Å²) < 4.78 is 5.22. The van der Waals surface area contributed by atoms with Crippen LogP contribution in [-0.2, 0) is 0 Å². The van der Waals surface area contributed by atoms with Crippen molar-refractivity contribution in [1.82, 2.24) is 4.90 Å². The molecule has 0 amide bonds. The lowest BCUT2D eigenvalue weighted by Crippen LogP contribution is -2.48. The smallest absolute Gasteiger partial charge is 0.119 e. The van der Waals surface area contributed by atoms with E-state index in [1.165, 1.54) is 0 Å². The minimum absolute atomic E-state index is 0.223. The predicted molar refractivity (Wildman–Crippen MR) is 79.7 cm³/mol. The average molecular weight is 265 g/mol. The number of hydrogen-bond acceptors (Lipinski definition) is 3. The van der Waals surface area contributed by atoms with E-state index >= 15 is 0 Å². The molecule has 3 nitrogen and oxygen atoms in total. The first-order valence-corrected chi connectivity index (χ1v) is 6.93. The summed E-state index contributed by atoms with van der Waals surface area (Å²) >= 11 is 0. The molecule has 1 aromatic carbocycles. The van der Waals surface area contributed by atoms with Crippen molar-refractivity contribution in [2.45, 2.75) is 45.3 Å². The number of aliphatic hydroxyl groups excluding tert-OH is 1. The molecular formula is C16H27NO2. The molecule has 0 fully saturated rings. The molecule has 0 spiro atoms. The van der Waals surface area contributed by atoms with E-state index in [1.807, 2.05) is 39.2 Å². The maximum atomic E-state index is 10.9. The minimum Gasteiger partial charge on any atom is -0.497 e. The molecule has 3 heteroatoms. The summed E-state index contributed by atoms with van der Waals surface area (Å²) in [5, 5.41) is 10.9. The van der Waals surface area contributed by atoms with Crippen LogP contribution in [0.3, 0.4) is 0 Å². The molecular weight excluding hydrogens is 238 g/mol. The van der Waals surface area contributed by atoms with Crippen LogP contribution < -0.4 is 4.74 Å². The van der Waals surface area contributed by atoms with E-state index in [0.29, 0.717) is 0 Å². The summed E-state index contributed by atoms with van der Waals surface area (Å²) in [5.41, 5.74) is 1.83. The number of hydrogen-bond donors (Lipinski definition) is 1. The maximum Gasteiger partial charge on any atom is 0.119 e. The average Bonchev–Trinajstić information content (AvgIpc) is 2.39. The molecule has 1 aromatic rings. The lowest BCUT2D eigenvalue weighted by molar-refractivity contribution is -0.0153. The van der Waals surface area contributed by atoms with E-state index in [1.54, 1.807) is 7.11 Å². The summed E-state index contributed by atoms with van der Waals surface area (Å²) in [5.74, 6) is 0.830. The Balaban J connectivity index is 3.20. The molecule has 1 unspecified atom stereocenters. The molecule has 0 heterocycles. The predicted octanol–water partition coefficient (Wildman–Crippen LogP) is 3.16. The number of nitrogens with zero attached hydrogens (tertiary/aromatic N) is 1. The van der Waals surface area contributed by atoms with Crippen molar-refractivity contribution in [3.8, 4) is 5.75 Å². The molecule has 0 aromatic heterocycles. The summed E-state index contributed by atoms with van der Waals surface area (Å²) in [6.07, 6.45) is 1.31. The van der Waals surface area contributed by atoms with E-state index in [9.17, 15) is 5.11 Å². The van der Waals surface area contributed by atoms with Gasteiger partial charge in [0, 0.05) is 5.54 Å². The second kappa shape index (κ2) is 6.40. The van der Waals surface area contributed by atoms with Gasteiger partial charge in [-0.3, -0.25) is 0 Å². The van der Waals surface area contributed by atoms with E-state index in [0.717, 1.165) is 29.7 Å². The monoisotopic (exact) mass is 265 g/mol. The van der Waals surface area contributed by atoms with Gasteiger partial charge in [0.1, 0.15) is 5.75 Å². The maximum absolute atomic E-state index is 10.9. The van der Waals surface area contributed by atoms with Crippen molar-refractivity contribution in [2.24, 2.45) is 0 Å². The first-order chi connectivity index (χ1) is 8.92. The van der Waals surface area contributed by atoms with Crippen LogP contribution in [0.4, 0.5) is 0 Å². The third kappa shape index (κ3) is 2.93. The molecule has 1 N–H and O–H groups in total. The van der Waals surface area contributed by atoms with Gasteiger partial charge >= 0.3 is 0 Å². The SMILES string of the molecule is CCC(CC)(C(O)c1ccc(OC)cc1C)N(C)C. The van der Waals surface area contributed by atoms with Crippen LogP contribution >= 0.6 is 0 Å². The van der Waals surface area contributed by atoms with Gasteiger partial charge in [0.2, 0.25) is 0 Å². The second-order valence-electron chi connectivity index (χ2n) is 5.33. The Morgan fingerprint density at radius 2 is 1.84 bits per heavy atom. The van der Waals surface area contributed by atoms with E-state index < -0.39 is 6.10 Å². The third-order valence-corrected chi connectivity index (χ3v) is 4.40. The minimum atomic E-state index is -0.497. The largest absolute Gasteiger partial charge is 0.497 e. The lowest BCUT2D eigenvalue weighted by atomic mass is 9.80. The zero-order valence-corrected chi connectivity index (χ0v) is 13.0. The van der Waals surface area contributed by atoms with Crippen LogP contribution in [0.1, 0.15) is 43.9 Å². The number of rotatable bonds is 6. The Kier molecular flexibility index (Phi) is 5.39. The molecule has 0 bridgehead atoms. The fraction of sp³-hybridized carbons (Fsp3) is 0.625. The van der Waals surface area contributed by atoms with Crippen LogP contribution in [0, 0.1) is 6.92 Å². The van der Waals surface area contributed by atoms with Crippen molar-refractivity contribution in [2.75, 3.05) is 21.2 Å². The fourth-order valence-corrected chi connectivity index (χ4v) is 2.89. The Morgan fingerprint density at radius 3 is 2.21 bits per heavy atom. The van der Waals surface area contributed by atoms with Crippen LogP contribution in [0.2, 0.25) is 0 Å². The normalized spacial score (nSPS) is 13.7. The molecule has 108 valence electrons. The zero-order chi connectivity index (χ0) is 14.6. The molecule has 1 atom stereocenters. The standard InChI is InChI=1S/C16H27NO2/c1-7-16(8-2,17(4)5)15(18)14-10-9-13(19-6)11-12(14)3/h9-11,15,18H,7-8H2,1-6H3. The summed E-state index contributed by atoms with van der Waals surface area (Å²) in [6, 6.07) is 5.87. The number of benzene rings is 1. The Bertz CT molecular complexity index is 411. The molecule has 0 aliphatic rings. The van der Waals surface area contributed by atoms with Gasteiger partial charge < -0.3 is 14.7 Å². The summed E-state index contributed by atoms with van der Waals surface area (Å²) in [6.45, 7) is 6.28. The molecule has 0 radical (unpaired) electrons. The van der Waals surface area contributed by atoms with Crippen LogP contribution in [-0.4, -0.2) is 36.8 Å². The van der Waals surface area contributed by atoms with E-state index in [4.69, 9.17) is 4.74 Å². The summed E-state index contributed by atoms with van der Waals surface area (Å²) in [7, 11) is 5.73. The number of aliphatic hydroxyl groups is 1. The van der Waals surface area contributed by atoms with Crippen LogP contribution in [0.15, 0.2) is 18.2 Å². The molecule has 19 heavy (non-hydrogen) atoms. The van der Waals surface area contributed by atoms with Crippen LogP contribution in [0.5, 0.6) is 5.75 Å². The summed E-state index contributed by atoms with van der Waals surface area (Å²) in [4.78, 5) is 2.14. The highest BCUT2D eigenvalue weighted by Gasteiger charge is 2.38. The molecule has 0 saturated carbocycles. The van der Waals surface area contributed by atoms with Gasteiger partial charge in [-0.15, -0.1) is 0 Å². The van der Waals surface area contributed by atoms with Crippen molar-refractivity contribution >= 4 is 0 Å². The fourth-order valence-electron chi connectivity index (χ4n) is 2.89. The third-order valence-electron chi connectivity index (χ3n) is 4.40. The highest BCUT2D eigenvalue weighted by Crippen LogP contribution is 2.37. The van der Waals surface area contributed by atoms with E-state index in [-0.39, 0.29) is 5.54 Å². The van der Waals surface area contributed by atoms with Gasteiger partial charge in [0.05, 0.1) is 13.2 Å². The van der Waals surface area contributed by atoms with Gasteiger partial charge in [-0.05, 0) is 57.1 Å². The van der Waals surface area contributed by atoms with Crippen molar-refractivity contribution in [3.63, 3.8) is 0 Å². The Morgan fingerprint density at radius 1 is 1.26 bits per heavy atom. The lowest BCUT2D eigenvalue weighted by Gasteiger charge is -2.43. The van der Waals surface area contributed by atoms with Crippen molar-refractivity contribution in [3.05, 3.63) is 29.3 Å². The van der Waals surface area contributed by atoms with E-state index in [2.05, 4.69) is 18.7 Å². The molecule has 0 aliphatic carbocycles. The topological polar surface area (TPSA) is 32.7 Å². The highest BCUT2D eigenvalue weighted by molar-refractivity contribution is 5.37. The zero-order valence-electron chi connectivity index (χ0n) is 13.0. The number of aryl methyl sites for hydroxylation is 1. The number of ether oxygens (including phenoxy) is 1. The van der Waals surface area contributed by atoms with Gasteiger partial charge in [-0.1, -0.05) is 19.9 Å². The van der Waals surface area contributed by atoms with Gasteiger partial charge in [0.15, 0.2) is 0 Å². The Labute approximate surface area is 117 Å².